The molecule has 1 saturated heterocycles. The molecule has 1 aliphatic heterocycles. The largest absolute Gasteiger partial charge is 0.352 e. The van der Waals surface area contributed by atoms with Crippen LogP contribution in [0.3, 0.4) is 0 Å². The van der Waals surface area contributed by atoms with Crippen molar-refractivity contribution in [2.24, 2.45) is 7.05 Å². The molecule has 0 radical (unpaired) electrons. The Kier molecular flexibility index (Phi) is 4.78. The van der Waals surface area contributed by atoms with Crippen LogP contribution < -0.4 is 5.32 Å². The average Bonchev–Trinajstić information content (AvgIpc) is 3.23. The fourth-order valence-corrected chi connectivity index (χ4v) is 3.29. The van der Waals surface area contributed by atoms with Crippen molar-refractivity contribution >= 4 is 5.91 Å². The second-order valence-electron chi connectivity index (χ2n) is 6.80. The molecule has 0 unspecified atom stereocenters. The van der Waals surface area contributed by atoms with Gasteiger partial charge in [0.05, 0.1) is 12.7 Å². The molecule has 1 aliphatic carbocycles. The van der Waals surface area contributed by atoms with E-state index in [0.29, 0.717) is 12.6 Å². The molecule has 1 amide bonds. The number of nitrogens with one attached hydrogen (secondary N) is 1. The predicted octanol–water partition coefficient (Wildman–Crippen LogP) is 0.595. The molecule has 2 aliphatic rings. The standard InChI is InChI=1S/C16H27N5O/c1-19(10-13-9-17-20(2)11-13)12-16(22)18-14-5-7-21(8-6-14)15-3-4-15/h9,11,14-15H,3-8,10,12H2,1-2H3,(H,18,22). The average molecular weight is 305 g/mol. The van der Waals surface area contributed by atoms with Gasteiger partial charge in [-0.15, -0.1) is 0 Å². The number of piperidine rings is 1. The van der Waals surface area contributed by atoms with Gasteiger partial charge in [0.15, 0.2) is 0 Å². The first-order valence-corrected chi connectivity index (χ1v) is 8.29. The summed E-state index contributed by atoms with van der Waals surface area (Å²) >= 11 is 0. The molecular weight excluding hydrogens is 278 g/mol. The van der Waals surface area contributed by atoms with E-state index in [0.717, 1.165) is 44.1 Å². The van der Waals surface area contributed by atoms with E-state index in [1.54, 1.807) is 4.68 Å². The summed E-state index contributed by atoms with van der Waals surface area (Å²) in [6.45, 7) is 3.47. The van der Waals surface area contributed by atoms with Gasteiger partial charge in [0.2, 0.25) is 5.91 Å². The van der Waals surface area contributed by atoms with Crippen molar-refractivity contribution < 1.29 is 4.79 Å². The molecule has 6 heteroatoms. The Bertz CT molecular complexity index is 502. The summed E-state index contributed by atoms with van der Waals surface area (Å²) in [5, 5.41) is 7.35. The number of aromatic nitrogens is 2. The van der Waals surface area contributed by atoms with Crippen LogP contribution in [0.1, 0.15) is 31.2 Å². The Morgan fingerprint density at radius 2 is 2.09 bits per heavy atom. The highest BCUT2D eigenvalue weighted by molar-refractivity contribution is 5.78. The van der Waals surface area contributed by atoms with Crippen molar-refractivity contribution in [3.05, 3.63) is 18.0 Å². The van der Waals surface area contributed by atoms with Gasteiger partial charge in [-0.3, -0.25) is 14.4 Å². The van der Waals surface area contributed by atoms with Gasteiger partial charge in [-0.1, -0.05) is 0 Å². The lowest BCUT2D eigenvalue weighted by atomic mass is 10.0. The number of likely N-dealkylation sites (N-methyl/N-ethyl adjacent to an activating group) is 1. The minimum absolute atomic E-state index is 0.135. The number of carbonyl (C=O) groups excluding carboxylic acids is 1. The molecule has 3 rings (SSSR count). The zero-order chi connectivity index (χ0) is 15.5. The number of aryl methyl sites for hydroxylation is 1. The fraction of sp³-hybridized carbons (Fsp3) is 0.750. The smallest absolute Gasteiger partial charge is 0.234 e. The number of amides is 1. The summed E-state index contributed by atoms with van der Waals surface area (Å²) in [6, 6.07) is 1.21. The minimum atomic E-state index is 0.135. The summed E-state index contributed by atoms with van der Waals surface area (Å²) in [5.41, 5.74) is 1.13. The van der Waals surface area contributed by atoms with E-state index in [1.165, 1.54) is 12.8 Å². The van der Waals surface area contributed by atoms with Crippen molar-refractivity contribution in [3.8, 4) is 0 Å². The Hall–Kier alpha value is -1.40. The van der Waals surface area contributed by atoms with Crippen LogP contribution in [-0.2, 0) is 18.4 Å². The normalized spacial score (nSPS) is 20.5. The van der Waals surface area contributed by atoms with Gasteiger partial charge >= 0.3 is 0 Å². The SMILES string of the molecule is CN(CC(=O)NC1CCN(C2CC2)CC1)Cc1cnn(C)c1. The topological polar surface area (TPSA) is 53.4 Å². The quantitative estimate of drug-likeness (QED) is 0.836. The lowest BCUT2D eigenvalue weighted by Crippen LogP contribution is -2.47. The van der Waals surface area contributed by atoms with Gasteiger partial charge in [0.1, 0.15) is 0 Å². The van der Waals surface area contributed by atoms with E-state index >= 15 is 0 Å². The molecule has 1 aromatic rings. The highest BCUT2D eigenvalue weighted by atomic mass is 16.2. The number of carbonyl (C=O) groups is 1. The highest BCUT2D eigenvalue weighted by Gasteiger charge is 2.32. The van der Waals surface area contributed by atoms with Crippen LogP contribution in [-0.4, -0.2) is 64.3 Å². The molecule has 0 atom stereocenters. The molecule has 0 spiro atoms. The zero-order valence-electron chi connectivity index (χ0n) is 13.7. The summed E-state index contributed by atoms with van der Waals surface area (Å²) in [7, 11) is 3.88. The summed E-state index contributed by atoms with van der Waals surface area (Å²) in [5.74, 6) is 0.135. The van der Waals surface area contributed by atoms with Crippen molar-refractivity contribution in [1.82, 2.24) is 24.9 Å². The molecule has 1 N–H and O–H groups in total. The molecule has 6 nitrogen and oxygen atoms in total. The van der Waals surface area contributed by atoms with Crippen LogP contribution in [0.15, 0.2) is 12.4 Å². The van der Waals surface area contributed by atoms with Gasteiger partial charge in [-0.05, 0) is 32.7 Å². The van der Waals surface area contributed by atoms with Crippen molar-refractivity contribution in [2.75, 3.05) is 26.7 Å². The number of rotatable bonds is 6. The van der Waals surface area contributed by atoms with Gasteiger partial charge in [-0.2, -0.15) is 5.10 Å². The maximum atomic E-state index is 12.2. The van der Waals surface area contributed by atoms with Gasteiger partial charge in [0.25, 0.3) is 0 Å². The highest BCUT2D eigenvalue weighted by Crippen LogP contribution is 2.29. The van der Waals surface area contributed by atoms with Crippen LogP contribution in [0.25, 0.3) is 0 Å². The first kappa shape index (κ1) is 15.5. The van der Waals surface area contributed by atoms with Crippen molar-refractivity contribution in [3.63, 3.8) is 0 Å². The van der Waals surface area contributed by atoms with E-state index in [4.69, 9.17) is 0 Å². The van der Waals surface area contributed by atoms with E-state index in [1.807, 2.05) is 31.4 Å². The summed E-state index contributed by atoms with van der Waals surface area (Å²) < 4.78 is 1.79. The number of hydrogen-bond donors (Lipinski definition) is 1. The molecule has 2 heterocycles. The maximum Gasteiger partial charge on any atom is 0.234 e. The van der Waals surface area contributed by atoms with Crippen LogP contribution in [0, 0.1) is 0 Å². The number of nitrogens with zero attached hydrogens (tertiary/aromatic N) is 4. The van der Waals surface area contributed by atoms with Crippen LogP contribution >= 0.6 is 0 Å². The fourth-order valence-electron chi connectivity index (χ4n) is 3.29. The van der Waals surface area contributed by atoms with E-state index in [-0.39, 0.29) is 5.91 Å². The molecule has 0 aromatic carbocycles. The molecule has 22 heavy (non-hydrogen) atoms. The van der Waals surface area contributed by atoms with Crippen LogP contribution in [0.5, 0.6) is 0 Å². The number of hydrogen-bond acceptors (Lipinski definition) is 4. The zero-order valence-corrected chi connectivity index (χ0v) is 13.7. The number of likely N-dealkylation sites (tertiary alicyclic amines) is 1. The van der Waals surface area contributed by atoms with E-state index < -0.39 is 0 Å². The van der Waals surface area contributed by atoms with Gasteiger partial charge < -0.3 is 10.2 Å². The summed E-state index contributed by atoms with van der Waals surface area (Å²) in [4.78, 5) is 16.8. The van der Waals surface area contributed by atoms with E-state index in [9.17, 15) is 4.79 Å². The Balaban J connectivity index is 1.36. The van der Waals surface area contributed by atoms with Crippen molar-refractivity contribution in [2.45, 2.75) is 44.3 Å². The molecule has 0 bridgehead atoms. The van der Waals surface area contributed by atoms with Crippen LogP contribution in [0.2, 0.25) is 0 Å². The molecule has 2 fully saturated rings. The first-order valence-electron chi connectivity index (χ1n) is 8.29. The van der Waals surface area contributed by atoms with Gasteiger partial charge in [0, 0.05) is 50.5 Å². The lowest BCUT2D eigenvalue weighted by Gasteiger charge is -2.32. The van der Waals surface area contributed by atoms with Gasteiger partial charge in [-0.25, -0.2) is 0 Å². The first-order chi connectivity index (χ1) is 10.6. The molecule has 122 valence electrons. The maximum absolute atomic E-state index is 12.2. The minimum Gasteiger partial charge on any atom is -0.352 e. The van der Waals surface area contributed by atoms with E-state index in [2.05, 4.69) is 15.3 Å². The lowest BCUT2D eigenvalue weighted by molar-refractivity contribution is -0.123. The molecular formula is C16H27N5O. The predicted molar refractivity (Wildman–Crippen MR) is 85.3 cm³/mol. The Labute approximate surface area is 132 Å². The second-order valence-corrected chi connectivity index (χ2v) is 6.80. The van der Waals surface area contributed by atoms with Crippen LogP contribution in [0.4, 0.5) is 0 Å². The Morgan fingerprint density at radius 1 is 1.36 bits per heavy atom. The molecule has 1 saturated carbocycles. The Morgan fingerprint density at radius 3 is 2.68 bits per heavy atom. The third-order valence-corrected chi connectivity index (χ3v) is 4.58. The van der Waals surface area contributed by atoms with Crippen molar-refractivity contribution in [1.29, 1.82) is 0 Å². The molecule has 1 aromatic heterocycles. The monoisotopic (exact) mass is 305 g/mol. The second kappa shape index (κ2) is 6.79. The third kappa shape index (κ3) is 4.30. The summed E-state index contributed by atoms with van der Waals surface area (Å²) in [6.07, 6.45) is 8.76. The third-order valence-electron chi connectivity index (χ3n) is 4.58.